The third-order valence-electron chi connectivity index (χ3n) is 3.01. The Morgan fingerprint density at radius 1 is 1.20 bits per heavy atom. The van der Waals surface area contributed by atoms with Crippen molar-refractivity contribution in [1.82, 2.24) is 4.90 Å². The Bertz CT molecular complexity index is 524. The molecule has 0 unspecified atom stereocenters. The maximum absolute atomic E-state index is 12.4. The van der Waals surface area contributed by atoms with E-state index < -0.39 is 12.5 Å². The summed E-state index contributed by atoms with van der Waals surface area (Å²) in [5.41, 5.74) is 0.449. The van der Waals surface area contributed by atoms with Crippen molar-refractivity contribution in [2.24, 2.45) is 0 Å². The van der Waals surface area contributed by atoms with Gasteiger partial charge in [-0.25, -0.2) is 4.79 Å². The van der Waals surface area contributed by atoms with Gasteiger partial charge in [0, 0.05) is 18.8 Å². The van der Waals surface area contributed by atoms with Crippen molar-refractivity contribution in [2.75, 3.05) is 24.5 Å². The van der Waals surface area contributed by atoms with E-state index in [2.05, 4.69) is 0 Å². The lowest BCUT2D eigenvalue weighted by Gasteiger charge is -2.30. The molecule has 2 rings (SSSR count). The molecule has 1 aromatic rings. The van der Waals surface area contributed by atoms with Crippen molar-refractivity contribution < 1.29 is 19.8 Å². The van der Waals surface area contributed by atoms with Gasteiger partial charge >= 0.3 is 12.0 Å². The number of carbonyl (C=O) groups excluding carboxylic acids is 1. The van der Waals surface area contributed by atoms with Gasteiger partial charge in [-0.2, -0.15) is 0 Å². The summed E-state index contributed by atoms with van der Waals surface area (Å²) in [4.78, 5) is 26.2. The van der Waals surface area contributed by atoms with Crippen molar-refractivity contribution in [1.29, 1.82) is 0 Å². The number of phenolic OH excluding ortho intramolecular Hbond substituents is 1. The SMILES string of the molecule is O=C(O)CN(C(=O)N1CC=CCC1)c1ccc(O)cc1. The molecule has 0 aliphatic carbocycles. The third-order valence-corrected chi connectivity index (χ3v) is 3.01. The Hall–Kier alpha value is -2.50. The predicted molar refractivity (Wildman–Crippen MR) is 73.8 cm³/mol. The highest BCUT2D eigenvalue weighted by Crippen LogP contribution is 2.20. The molecule has 1 aliphatic rings. The quantitative estimate of drug-likeness (QED) is 0.823. The second-order valence-electron chi connectivity index (χ2n) is 4.48. The zero-order chi connectivity index (χ0) is 14.5. The fourth-order valence-corrected chi connectivity index (χ4v) is 2.02. The number of aromatic hydroxyl groups is 1. The van der Waals surface area contributed by atoms with E-state index in [9.17, 15) is 14.7 Å². The summed E-state index contributed by atoms with van der Waals surface area (Å²) in [6, 6.07) is 5.55. The molecule has 6 nitrogen and oxygen atoms in total. The molecule has 0 radical (unpaired) electrons. The molecule has 2 amide bonds. The second kappa shape index (κ2) is 6.10. The molecule has 0 atom stereocenters. The molecule has 0 aromatic heterocycles. The van der Waals surface area contributed by atoms with E-state index in [1.54, 1.807) is 4.90 Å². The Morgan fingerprint density at radius 2 is 1.90 bits per heavy atom. The molecular weight excluding hydrogens is 260 g/mol. The summed E-state index contributed by atoms with van der Waals surface area (Å²) in [6.07, 6.45) is 4.64. The number of hydrogen-bond donors (Lipinski definition) is 2. The third kappa shape index (κ3) is 3.28. The Kier molecular flexibility index (Phi) is 4.24. The van der Waals surface area contributed by atoms with Gasteiger partial charge in [0.15, 0.2) is 0 Å². The number of phenols is 1. The average Bonchev–Trinajstić information content (AvgIpc) is 2.46. The lowest BCUT2D eigenvalue weighted by molar-refractivity contribution is -0.135. The van der Waals surface area contributed by atoms with E-state index in [1.165, 1.54) is 29.2 Å². The minimum absolute atomic E-state index is 0.0670. The molecule has 0 spiro atoms. The lowest BCUT2D eigenvalue weighted by atomic mass is 10.2. The lowest BCUT2D eigenvalue weighted by Crippen LogP contribution is -2.46. The largest absolute Gasteiger partial charge is 0.508 e. The number of carboxylic acids is 1. The van der Waals surface area contributed by atoms with Crippen molar-refractivity contribution in [3.05, 3.63) is 36.4 Å². The Balaban J connectivity index is 2.22. The van der Waals surface area contributed by atoms with Crippen LogP contribution in [0, 0.1) is 0 Å². The second-order valence-corrected chi connectivity index (χ2v) is 4.48. The summed E-state index contributed by atoms with van der Waals surface area (Å²) in [5, 5.41) is 18.2. The van der Waals surface area contributed by atoms with E-state index >= 15 is 0 Å². The van der Waals surface area contributed by atoms with E-state index in [1.807, 2.05) is 12.2 Å². The number of rotatable bonds is 3. The van der Waals surface area contributed by atoms with Crippen LogP contribution in [-0.4, -0.2) is 46.7 Å². The highest BCUT2D eigenvalue weighted by molar-refractivity contribution is 5.96. The summed E-state index contributed by atoms with van der Waals surface area (Å²) >= 11 is 0. The maximum Gasteiger partial charge on any atom is 0.325 e. The van der Waals surface area contributed by atoms with Crippen LogP contribution in [0.4, 0.5) is 10.5 Å². The number of hydrogen-bond acceptors (Lipinski definition) is 3. The number of carboxylic acid groups (broad SMARTS) is 1. The number of aliphatic carboxylic acids is 1. The first-order chi connectivity index (χ1) is 9.58. The van der Waals surface area contributed by atoms with Gasteiger partial charge in [0.2, 0.25) is 0 Å². The molecule has 0 saturated carbocycles. The van der Waals surface area contributed by atoms with Crippen molar-refractivity contribution in [2.45, 2.75) is 6.42 Å². The number of anilines is 1. The van der Waals surface area contributed by atoms with Gasteiger partial charge < -0.3 is 15.1 Å². The molecular formula is C14H16N2O4. The summed E-state index contributed by atoms with van der Waals surface area (Å²) in [6.45, 7) is 0.639. The van der Waals surface area contributed by atoms with E-state index in [0.29, 0.717) is 18.8 Å². The van der Waals surface area contributed by atoms with Crippen LogP contribution in [0.15, 0.2) is 36.4 Å². The molecule has 2 N–H and O–H groups in total. The molecule has 20 heavy (non-hydrogen) atoms. The Labute approximate surface area is 116 Å². The molecule has 106 valence electrons. The van der Waals surface area contributed by atoms with Crippen molar-refractivity contribution in [3.8, 4) is 5.75 Å². The molecule has 0 bridgehead atoms. The van der Waals surface area contributed by atoms with Crippen molar-refractivity contribution in [3.63, 3.8) is 0 Å². The number of amides is 2. The smallest absolute Gasteiger partial charge is 0.325 e. The summed E-state index contributed by atoms with van der Waals surface area (Å²) < 4.78 is 0. The fourth-order valence-electron chi connectivity index (χ4n) is 2.02. The van der Waals surface area contributed by atoms with Crippen LogP contribution in [0.3, 0.4) is 0 Å². The predicted octanol–water partition coefficient (Wildman–Crippen LogP) is 1.67. The van der Waals surface area contributed by atoms with Gasteiger partial charge in [0.1, 0.15) is 12.3 Å². The summed E-state index contributed by atoms with van der Waals surface area (Å²) in [5.74, 6) is -1.02. The molecule has 1 aliphatic heterocycles. The zero-order valence-electron chi connectivity index (χ0n) is 10.9. The minimum atomic E-state index is -1.08. The van der Waals surface area contributed by atoms with Gasteiger partial charge in [-0.1, -0.05) is 12.2 Å². The first-order valence-electron chi connectivity index (χ1n) is 6.30. The van der Waals surface area contributed by atoms with Crippen LogP contribution in [-0.2, 0) is 4.79 Å². The average molecular weight is 276 g/mol. The Morgan fingerprint density at radius 3 is 2.45 bits per heavy atom. The molecule has 1 aromatic carbocycles. The number of carbonyl (C=O) groups is 2. The van der Waals surface area contributed by atoms with Crippen LogP contribution >= 0.6 is 0 Å². The molecule has 0 saturated heterocycles. The number of urea groups is 1. The van der Waals surface area contributed by atoms with Crippen LogP contribution in [0.25, 0.3) is 0 Å². The zero-order valence-corrected chi connectivity index (χ0v) is 10.9. The van der Waals surface area contributed by atoms with Gasteiger partial charge in [0.25, 0.3) is 0 Å². The van der Waals surface area contributed by atoms with Crippen LogP contribution in [0.1, 0.15) is 6.42 Å². The topological polar surface area (TPSA) is 81.1 Å². The van der Waals surface area contributed by atoms with Crippen molar-refractivity contribution >= 4 is 17.7 Å². The van der Waals surface area contributed by atoms with Gasteiger partial charge in [-0.15, -0.1) is 0 Å². The monoisotopic (exact) mass is 276 g/mol. The molecule has 6 heteroatoms. The highest BCUT2D eigenvalue weighted by atomic mass is 16.4. The first-order valence-corrected chi connectivity index (χ1v) is 6.30. The number of benzene rings is 1. The maximum atomic E-state index is 12.4. The van der Waals surface area contributed by atoms with Gasteiger partial charge in [0.05, 0.1) is 0 Å². The van der Waals surface area contributed by atoms with Gasteiger partial charge in [-0.05, 0) is 30.7 Å². The van der Waals surface area contributed by atoms with Crippen LogP contribution in [0.2, 0.25) is 0 Å². The summed E-state index contributed by atoms with van der Waals surface area (Å²) in [7, 11) is 0. The van der Waals surface area contributed by atoms with E-state index in [-0.39, 0.29) is 11.8 Å². The van der Waals surface area contributed by atoms with Crippen LogP contribution in [0.5, 0.6) is 5.75 Å². The standard InChI is InChI=1S/C14H16N2O4/c17-12-6-4-11(5-7-12)16(10-13(18)19)14(20)15-8-2-1-3-9-15/h1-2,4-7,17H,3,8-10H2,(H,18,19). The van der Waals surface area contributed by atoms with E-state index in [4.69, 9.17) is 5.11 Å². The van der Waals surface area contributed by atoms with Crippen LogP contribution < -0.4 is 4.90 Å². The minimum Gasteiger partial charge on any atom is -0.508 e. The first kappa shape index (κ1) is 13.9. The number of nitrogens with zero attached hydrogens (tertiary/aromatic N) is 2. The highest BCUT2D eigenvalue weighted by Gasteiger charge is 2.24. The normalized spacial score (nSPS) is 14.1. The fraction of sp³-hybridized carbons (Fsp3) is 0.286. The van der Waals surface area contributed by atoms with E-state index in [0.717, 1.165) is 6.42 Å². The molecule has 0 fully saturated rings. The molecule has 1 heterocycles. The van der Waals surface area contributed by atoms with Gasteiger partial charge in [-0.3, -0.25) is 9.69 Å².